The number of halogens is 1. The normalized spacial score (nSPS) is 10.9. The first-order valence-electron chi connectivity index (χ1n) is 9.18. The van der Waals surface area contributed by atoms with Crippen molar-refractivity contribution in [3.63, 3.8) is 0 Å². The number of benzene rings is 2. The molecule has 1 N–H and O–H groups in total. The summed E-state index contributed by atoms with van der Waals surface area (Å²) in [5.74, 6) is 0.0341. The van der Waals surface area contributed by atoms with E-state index in [4.69, 9.17) is 4.74 Å². The number of hydrogen-bond donors (Lipinski definition) is 1. The fourth-order valence-corrected chi connectivity index (χ4v) is 3.03. The summed E-state index contributed by atoms with van der Waals surface area (Å²) in [6.07, 6.45) is 2.89. The number of methoxy groups -OCH3 is 1. The average Bonchev–Trinajstić information content (AvgIpc) is 3.19. The van der Waals surface area contributed by atoms with Crippen LogP contribution in [0.1, 0.15) is 6.42 Å². The second-order valence-corrected chi connectivity index (χ2v) is 6.54. The smallest absolute Gasteiger partial charge is 0.264 e. The number of nitrogens with zero attached hydrogens (tertiary/aromatic N) is 4. The Morgan fingerprint density at radius 2 is 2.00 bits per heavy atom. The quantitative estimate of drug-likeness (QED) is 0.531. The van der Waals surface area contributed by atoms with Gasteiger partial charge in [0.2, 0.25) is 5.91 Å². The number of rotatable bonds is 6. The number of aryl methyl sites for hydroxylation is 1. The molecule has 0 aliphatic carbocycles. The minimum absolute atomic E-state index is 0.0937. The van der Waals surface area contributed by atoms with Gasteiger partial charge in [0.25, 0.3) is 5.56 Å². The zero-order valence-corrected chi connectivity index (χ0v) is 16.1. The second kappa shape index (κ2) is 8.16. The Morgan fingerprint density at radius 1 is 1.20 bits per heavy atom. The maximum absolute atomic E-state index is 13.1. The number of ether oxygens (including phenoxy) is 1. The van der Waals surface area contributed by atoms with Gasteiger partial charge in [0.05, 0.1) is 25.3 Å². The van der Waals surface area contributed by atoms with E-state index in [1.165, 1.54) is 33.9 Å². The molecule has 4 aromatic rings. The molecule has 0 aliphatic heterocycles. The molecule has 0 unspecified atom stereocenters. The van der Waals surface area contributed by atoms with E-state index < -0.39 is 0 Å². The van der Waals surface area contributed by atoms with E-state index in [-0.39, 0.29) is 30.2 Å². The zero-order valence-electron chi connectivity index (χ0n) is 16.1. The van der Waals surface area contributed by atoms with Crippen LogP contribution in [0.15, 0.2) is 65.8 Å². The summed E-state index contributed by atoms with van der Waals surface area (Å²) in [5.41, 5.74) is 1.26. The maximum atomic E-state index is 13.1. The Bertz CT molecular complexity index is 1260. The fraction of sp³-hybridized carbons (Fsp3) is 0.143. The van der Waals surface area contributed by atoms with Gasteiger partial charge in [-0.15, -0.1) is 0 Å². The van der Waals surface area contributed by atoms with Crippen molar-refractivity contribution in [1.29, 1.82) is 0 Å². The number of carbonyl (C=O) groups excluding carboxylic acids is 1. The van der Waals surface area contributed by atoms with Gasteiger partial charge in [-0.25, -0.2) is 14.1 Å². The fourth-order valence-electron chi connectivity index (χ4n) is 3.03. The molecule has 8 nitrogen and oxygen atoms in total. The minimum Gasteiger partial charge on any atom is -0.497 e. The molecule has 9 heteroatoms. The van der Waals surface area contributed by atoms with Crippen molar-refractivity contribution in [3.8, 4) is 11.4 Å². The van der Waals surface area contributed by atoms with Crippen LogP contribution < -0.4 is 15.6 Å². The highest BCUT2D eigenvalue weighted by Crippen LogP contribution is 2.17. The Kier molecular flexibility index (Phi) is 5.25. The third kappa shape index (κ3) is 3.90. The van der Waals surface area contributed by atoms with Crippen LogP contribution in [0.2, 0.25) is 0 Å². The van der Waals surface area contributed by atoms with E-state index in [9.17, 15) is 14.0 Å². The molecule has 0 spiro atoms. The molecular formula is C21H18FN5O3. The van der Waals surface area contributed by atoms with E-state index in [0.717, 1.165) is 0 Å². The highest BCUT2D eigenvalue weighted by atomic mass is 19.1. The average molecular weight is 407 g/mol. The first-order valence-corrected chi connectivity index (χ1v) is 9.18. The second-order valence-electron chi connectivity index (χ2n) is 6.54. The van der Waals surface area contributed by atoms with Crippen molar-refractivity contribution in [1.82, 2.24) is 19.3 Å². The Morgan fingerprint density at radius 3 is 2.77 bits per heavy atom. The van der Waals surface area contributed by atoms with E-state index in [2.05, 4.69) is 15.4 Å². The van der Waals surface area contributed by atoms with Crippen molar-refractivity contribution >= 4 is 22.6 Å². The standard InChI is InChI=1S/C21H18FN5O3/c1-30-17-4-2-3-15(11-17)25-19(28)9-10-26-13-23-20-18(21(26)29)12-24-27(20)16-7-5-14(22)6-8-16/h2-8,11-13H,9-10H2,1H3,(H,25,28). The van der Waals surface area contributed by atoms with Gasteiger partial charge in [-0.2, -0.15) is 5.10 Å². The minimum atomic E-state index is -0.363. The molecule has 0 fully saturated rings. The van der Waals surface area contributed by atoms with E-state index in [1.54, 1.807) is 43.5 Å². The first-order chi connectivity index (χ1) is 14.5. The lowest BCUT2D eigenvalue weighted by Crippen LogP contribution is -2.23. The summed E-state index contributed by atoms with van der Waals surface area (Å²) in [4.78, 5) is 29.3. The van der Waals surface area contributed by atoms with Gasteiger partial charge >= 0.3 is 0 Å². The molecule has 0 radical (unpaired) electrons. The van der Waals surface area contributed by atoms with Gasteiger partial charge in [0.1, 0.15) is 17.0 Å². The van der Waals surface area contributed by atoms with E-state index in [0.29, 0.717) is 28.2 Å². The van der Waals surface area contributed by atoms with Crippen LogP contribution in [-0.4, -0.2) is 32.3 Å². The summed E-state index contributed by atoms with van der Waals surface area (Å²) in [6.45, 7) is 0.166. The Labute approximate surface area is 170 Å². The van der Waals surface area contributed by atoms with E-state index >= 15 is 0 Å². The summed E-state index contributed by atoms with van der Waals surface area (Å²) in [6, 6.07) is 12.7. The third-order valence-corrected chi connectivity index (χ3v) is 4.56. The predicted molar refractivity (Wildman–Crippen MR) is 109 cm³/mol. The summed E-state index contributed by atoms with van der Waals surface area (Å²) < 4.78 is 21.1. The van der Waals surface area contributed by atoms with Gasteiger partial charge in [-0.3, -0.25) is 14.2 Å². The lowest BCUT2D eigenvalue weighted by atomic mass is 10.3. The summed E-state index contributed by atoms with van der Waals surface area (Å²) in [5, 5.41) is 7.28. The SMILES string of the molecule is COc1cccc(NC(=O)CCn2cnc3c(cnn3-c3ccc(F)cc3)c2=O)c1. The van der Waals surface area contributed by atoms with Crippen LogP contribution in [0.5, 0.6) is 5.75 Å². The molecule has 152 valence electrons. The maximum Gasteiger partial charge on any atom is 0.264 e. The molecule has 1 amide bonds. The van der Waals surface area contributed by atoms with Gasteiger partial charge in [-0.05, 0) is 36.4 Å². The Hall–Kier alpha value is -4.01. The van der Waals surface area contributed by atoms with Crippen molar-refractivity contribution in [2.75, 3.05) is 12.4 Å². The van der Waals surface area contributed by atoms with Gasteiger partial charge < -0.3 is 10.1 Å². The van der Waals surface area contributed by atoms with Crippen LogP contribution >= 0.6 is 0 Å². The summed E-state index contributed by atoms with van der Waals surface area (Å²) >= 11 is 0. The molecule has 30 heavy (non-hydrogen) atoms. The molecule has 2 aromatic heterocycles. The highest BCUT2D eigenvalue weighted by Gasteiger charge is 2.12. The lowest BCUT2D eigenvalue weighted by molar-refractivity contribution is -0.116. The third-order valence-electron chi connectivity index (χ3n) is 4.56. The Balaban J connectivity index is 1.49. The number of amides is 1. The van der Waals surface area contributed by atoms with Gasteiger partial charge in [-0.1, -0.05) is 6.07 Å². The number of hydrogen-bond acceptors (Lipinski definition) is 5. The highest BCUT2D eigenvalue weighted by molar-refractivity contribution is 5.90. The topological polar surface area (TPSA) is 91.0 Å². The van der Waals surface area contributed by atoms with E-state index in [1.807, 2.05) is 0 Å². The van der Waals surface area contributed by atoms with Crippen molar-refractivity contribution < 1.29 is 13.9 Å². The molecule has 0 saturated carbocycles. The lowest BCUT2D eigenvalue weighted by Gasteiger charge is -2.08. The van der Waals surface area contributed by atoms with Crippen LogP contribution in [0.4, 0.5) is 10.1 Å². The first kappa shape index (κ1) is 19.3. The van der Waals surface area contributed by atoms with Gasteiger partial charge in [0, 0.05) is 24.7 Å². The van der Waals surface area contributed by atoms with Crippen molar-refractivity contribution in [3.05, 3.63) is 77.2 Å². The number of fused-ring (bicyclic) bond motifs is 1. The molecule has 0 atom stereocenters. The molecule has 2 heterocycles. The van der Waals surface area contributed by atoms with Gasteiger partial charge in [0.15, 0.2) is 5.65 Å². The predicted octanol–water partition coefficient (Wildman–Crippen LogP) is 2.76. The van der Waals surface area contributed by atoms with Crippen LogP contribution in [-0.2, 0) is 11.3 Å². The molecule has 2 aromatic carbocycles. The molecule has 4 rings (SSSR count). The molecule has 0 saturated heterocycles. The van der Waals surface area contributed by atoms with Crippen molar-refractivity contribution in [2.45, 2.75) is 13.0 Å². The summed E-state index contributed by atoms with van der Waals surface area (Å²) in [7, 11) is 1.55. The number of anilines is 1. The number of carbonyl (C=O) groups is 1. The molecular weight excluding hydrogens is 389 g/mol. The van der Waals surface area contributed by atoms with Crippen LogP contribution in [0, 0.1) is 5.82 Å². The molecule has 0 aliphatic rings. The van der Waals surface area contributed by atoms with Crippen LogP contribution in [0.25, 0.3) is 16.7 Å². The number of aromatic nitrogens is 4. The molecule has 0 bridgehead atoms. The van der Waals surface area contributed by atoms with Crippen LogP contribution in [0.3, 0.4) is 0 Å². The number of nitrogens with one attached hydrogen (secondary N) is 1. The van der Waals surface area contributed by atoms with Crippen molar-refractivity contribution in [2.24, 2.45) is 0 Å². The monoisotopic (exact) mass is 407 g/mol. The largest absolute Gasteiger partial charge is 0.497 e. The zero-order chi connectivity index (χ0) is 21.1.